The Morgan fingerprint density at radius 2 is 2.16 bits per heavy atom. The molecular formula is C15H26N2O2. The summed E-state index contributed by atoms with van der Waals surface area (Å²) in [5.41, 5.74) is 1.31. The molecule has 1 N–H and O–H groups in total. The maximum Gasteiger partial charge on any atom is 0.118 e. The first-order valence-electron chi connectivity index (χ1n) is 7.27. The number of aryl methyl sites for hydroxylation is 1. The minimum atomic E-state index is 0.483. The molecule has 1 aliphatic rings. The van der Waals surface area contributed by atoms with Crippen LogP contribution >= 0.6 is 0 Å². The molecule has 1 aromatic rings. The summed E-state index contributed by atoms with van der Waals surface area (Å²) in [6.45, 7) is 12.0. The van der Waals surface area contributed by atoms with Gasteiger partial charge in [-0.05, 0) is 19.4 Å². The molecule has 2 heterocycles. The van der Waals surface area contributed by atoms with Crippen molar-refractivity contribution in [3.05, 3.63) is 23.2 Å². The molecule has 4 heteroatoms. The van der Waals surface area contributed by atoms with Gasteiger partial charge in [-0.2, -0.15) is 0 Å². The van der Waals surface area contributed by atoms with Crippen molar-refractivity contribution in [1.82, 2.24) is 10.2 Å². The van der Waals surface area contributed by atoms with E-state index in [9.17, 15) is 0 Å². The summed E-state index contributed by atoms with van der Waals surface area (Å²) in [5, 5.41) is 3.39. The lowest BCUT2D eigenvalue weighted by molar-refractivity contribution is 0.140. The molecule has 108 valence electrons. The van der Waals surface area contributed by atoms with E-state index >= 15 is 0 Å². The van der Waals surface area contributed by atoms with Crippen LogP contribution in [0.25, 0.3) is 0 Å². The first-order chi connectivity index (χ1) is 9.15. The van der Waals surface area contributed by atoms with E-state index in [1.54, 1.807) is 0 Å². The molecule has 0 amide bonds. The van der Waals surface area contributed by atoms with Crippen molar-refractivity contribution >= 4 is 0 Å². The Bertz CT molecular complexity index is 379. The summed E-state index contributed by atoms with van der Waals surface area (Å²) in [7, 11) is 0. The molecule has 0 aromatic carbocycles. The Labute approximate surface area is 116 Å². The van der Waals surface area contributed by atoms with Gasteiger partial charge in [-0.25, -0.2) is 0 Å². The van der Waals surface area contributed by atoms with Crippen molar-refractivity contribution < 1.29 is 9.15 Å². The lowest BCUT2D eigenvalue weighted by Gasteiger charge is -2.18. The van der Waals surface area contributed by atoms with E-state index in [1.165, 1.54) is 5.56 Å². The second kappa shape index (κ2) is 7.08. The Balaban J connectivity index is 1.91. The summed E-state index contributed by atoms with van der Waals surface area (Å²) < 4.78 is 11.3. The molecule has 0 radical (unpaired) electrons. The van der Waals surface area contributed by atoms with E-state index < -0.39 is 0 Å². The molecule has 19 heavy (non-hydrogen) atoms. The molecule has 2 rings (SSSR count). The van der Waals surface area contributed by atoms with Gasteiger partial charge in [0.25, 0.3) is 0 Å². The maximum absolute atomic E-state index is 5.82. The smallest absolute Gasteiger partial charge is 0.118 e. The highest BCUT2D eigenvalue weighted by Gasteiger charge is 2.14. The summed E-state index contributed by atoms with van der Waals surface area (Å²) in [4.78, 5) is 2.45. The number of ether oxygens (including phenoxy) is 1. The minimum Gasteiger partial charge on any atom is -0.465 e. The third-order valence-corrected chi connectivity index (χ3v) is 3.46. The van der Waals surface area contributed by atoms with Crippen LogP contribution in [-0.4, -0.2) is 37.2 Å². The van der Waals surface area contributed by atoms with E-state index in [4.69, 9.17) is 9.15 Å². The number of nitrogens with one attached hydrogen (secondary N) is 1. The van der Waals surface area contributed by atoms with Crippen LogP contribution in [0, 0.1) is 6.92 Å². The van der Waals surface area contributed by atoms with Crippen LogP contribution < -0.4 is 5.32 Å². The van der Waals surface area contributed by atoms with Crippen molar-refractivity contribution in [2.75, 3.05) is 26.3 Å². The third-order valence-electron chi connectivity index (χ3n) is 3.46. The molecule has 0 saturated carbocycles. The monoisotopic (exact) mass is 266 g/mol. The summed E-state index contributed by atoms with van der Waals surface area (Å²) >= 11 is 0. The zero-order valence-corrected chi connectivity index (χ0v) is 12.4. The largest absolute Gasteiger partial charge is 0.465 e. The molecule has 1 aliphatic heterocycles. The van der Waals surface area contributed by atoms with Crippen LogP contribution in [0.2, 0.25) is 0 Å². The van der Waals surface area contributed by atoms with Gasteiger partial charge in [-0.15, -0.1) is 0 Å². The number of furan rings is 1. The van der Waals surface area contributed by atoms with Crippen molar-refractivity contribution in [2.45, 2.75) is 46.3 Å². The third kappa shape index (κ3) is 4.64. The maximum atomic E-state index is 5.82. The fraction of sp³-hybridized carbons (Fsp3) is 0.733. The highest BCUT2D eigenvalue weighted by atomic mass is 16.5. The highest BCUT2D eigenvalue weighted by Crippen LogP contribution is 2.17. The van der Waals surface area contributed by atoms with E-state index in [0.29, 0.717) is 6.04 Å². The Kier molecular flexibility index (Phi) is 5.43. The summed E-state index contributed by atoms with van der Waals surface area (Å²) in [5.74, 6) is 2.08. The fourth-order valence-electron chi connectivity index (χ4n) is 2.33. The molecule has 0 spiro atoms. The molecule has 0 atom stereocenters. The van der Waals surface area contributed by atoms with Crippen molar-refractivity contribution in [3.63, 3.8) is 0 Å². The minimum absolute atomic E-state index is 0.483. The van der Waals surface area contributed by atoms with Gasteiger partial charge in [0.2, 0.25) is 0 Å². The Hall–Kier alpha value is -0.840. The van der Waals surface area contributed by atoms with Crippen LogP contribution in [0.4, 0.5) is 0 Å². The molecule has 0 unspecified atom stereocenters. The molecule has 1 saturated heterocycles. The number of rotatable bonds is 5. The molecule has 0 bridgehead atoms. The lowest BCUT2D eigenvalue weighted by Crippen LogP contribution is -2.25. The molecule has 0 aliphatic carbocycles. The second-order valence-electron chi connectivity index (χ2n) is 5.57. The lowest BCUT2D eigenvalue weighted by atomic mass is 10.2. The second-order valence-corrected chi connectivity index (χ2v) is 5.57. The van der Waals surface area contributed by atoms with Crippen molar-refractivity contribution in [2.24, 2.45) is 0 Å². The number of hydrogen-bond donors (Lipinski definition) is 1. The SMILES string of the molecule is Cc1oc(CNC(C)C)cc1CN1CCCOCC1. The van der Waals surface area contributed by atoms with Crippen LogP contribution in [0.3, 0.4) is 0 Å². The average Bonchev–Trinajstić information content (AvgIpc) is 2.57. The van der Waals surface area contributed by atoms with Gasteiger partial charge in [-0.3, -0.25) is 4.90 Å². The van der Waals surface area contributed by atoms with Crippen LogP contribution in [0.5, 0.6) is 0 Å². The number of hydrogen-bond acceptors (Lipinski definition) is 4. The van der Waals surface area contributed by atoms with Gasteiger partial charge in [0.1, 0.15) is 11.5 Å². The van der Waals surface area contributed by atoms with E-state index in [2.05, 4.69) is 37.1 Å². The van der Waals surface area contributed by atoms with Crippen LogP contribution in [0.1, 0.15) is 37.4 Å². The van der Waals surface area contributed by atoms with Gasteiger partial charge in [0.15, 0.2) is 0 Å². The van der Waals surface area contributed by atoms with Gasteiger partial charge >= 0.3 is 0 Å². The zero-order valence-electron chi connectivity index (χ0n) is 12.4. The van der Waals surface area contributed by atoms with E-state index in [1.807, 2.05) is 0 Å². The summed E-state index contributed by atoms with van der Waals surface area (Å²) in [6, 6.07) is 2.67. The topological polar surface area (TPSA) is 37.6 Å². The van der Waals surface area contributed by atoms with Crippen LogP contribution in [0.15, 0.2) is 10.5 Å². The first kappa shape index (κ1) is 14.6. The molecule has 1 fully saturated rings. The highest BCUT2D eigenvalue weighted by molar-refractivity contribution is 5.20. The van der Waals surface area contributed by atoms with Crippen molar-refractivity contribution in [1.29, 1.82) is 0 Å². The normalized spacial score (nSPS) is 17.9. The average molecular weight is 266 g/mol. The molecular weight excluding hydrogens is 240 g/mol. The standard InChI is InChI=1S/C15H26N2O2/c1-12(2)16-10-15-9-14(13(3)19-15)11-17-5-4-7-18-8-6-17/h9,12,16H,4-8,10-11H2,1-3H3. The summed E-state index contributed by atoms with van der Waals surface area (Å²) in [6.07, 6.45) is 1.12. The zero-order chi connectivity index (χ0) is 13.7. The van der Waals surface area contributed by atoms with Gasteiger partial charge in [0.05, 0.1) is 13.2 Å². The quantitative estimate of drug-likeness (QED) is 0.887. The predicted molar refractivity (Wildman–Crippen MR) is 76.1 cm³/mol. The Morgan fingerprint density at radius 1 is 1.32 bits per heavy atom. The van der Waals surface area contributed by atoms with Crippen LogP contribution in [-0.2, 0) is 17.8 Å². The Morgan fingerprint density at radius 3 is 2.95 bits per heavy atom. The van der Waals surface area contributed by atoms with E-state index in [-0.39, 0.29) is 0 Å². The predicted octanol–water partition coefficient (Wildman–Crippen LogP) is 2.31. The van der Waals surface area contributed by atoms with Crippen molar-refractivity contribution in [3.8, 4) is 0 Å². The van der Waals surface area contributed by atoms with Gasteiger partial charge in [0, 0.05) is 37.8 Å². The number of nitrogens with zero attached hydrogens (tertiary/aromatic N) is 1. The molecule has 4 nitrogen and oxygen atoms in total. The first-order valence-corrected chi connectivity index (χ1v) is 7.27. The van der Waals surface area contributed by atoms with Gasteiger partial charge < -0.3 is 14.5 Å². The van der Waals surface area contributed by atoms with Gasteiger partial charge in [-0.1, -0.05) is 13.8 Å². The fourth-order valence-corrected chi connectivity index (χ4v) is 2.33. The van der Waals surface area contributed by atoms with E-state index in [0.717, 1.165) is 57.3 Å². The molecule has 1 aromatic heterocycles.